The maximum absolute atomic E-state index is 12.9. The Hall–Kier alpha value is -2.45. The van der Waals surface area contributed by atoms with Crippen LogP contribution in [0.15, 0.2) is 70.0 Å². The fourth-order valence-corrected chi connectivity index (χ4v) is 4.90. The quantitative estimate of drug-likeness (QED) is 0.289. The maximum Gasteiger partial charge on any atom is 0.298 e. The van der Waals surface area contributed by atoms with Crippen molar-refractivity contribution in [2.75, 3.05) is 12.0 Å². The Morgan fingerprint density at radius 2 is 1.79 bits per heavy atom. The van der Waals surface area contributed by atoms with Crippen LogP contribution in [0.5, 0.6) is 11.5 Å². The lowest BCUT2D eigenvalue weighted by Gasteiger charge is -2.14. The van der Waals surface area contributed by atoms with E-state index in [-0.39, 0.29) is 17.8 Å². The molecule has 5 nitrogen and oxygen atoms in total. The Bertz CT molecular complexity index is 1270. The molecule has 1 saturated heterocycles. The molecule has 3 aromatic rings. The van der Waals surface area contributed by atoms with Gasteiger partial charge in [0.1, 0.15) is 6.61 Å². The monoisotopic (exact) mass is 563 g/mol. The highest BCUT2D eigenvalue weighted by Crippen LogP contribution is 2.40. The average molecular weight is 565 g/mol. The summed E-state index contributed by atoms with van der Waals surface area (Å²) in [5.74, 6) is 0.599. The molecule has 0 aliphatic carbocycles. The van der Waals surface area contributed by atoms with E-state index in [0.29, 0.717) is 42.2 Å². The summed E-state index contributed by atoms with van der Waals surface area (Å²) < 4.78 is 12.1. The highest BCUT2D eigenvalue weighted by atomic mass is 79.9. The van der Waals surface area contributed by atoms with Crippen LogP contribution in [0.2, 0.25) is 10.0 Å². The molecule has 0 bridgehead atoms. The lowest BCUT2D eigenvalue weighted by atomic mass is 10.1. The second-order valence-electron chi connectivity index (χ2n) is 6.92. The lowest BCUT2D eigenvalue weighted by molar-refractivity contribution is -0.113. The number of nitrogens with zero attached hydrogens (tertiary/aromatic N) is 1. The van der Waals surface area contributed by atoms with Crippen LogP contribution in [0.1, 0.15) is 11.1 Å². The highest BCUT2D eigenvalue weighted by molar-refractivity contribution is 9.10. The molecule has 1 aliphatic heterocycles. The molecule has 0 atom stereocenters. The van der Waals surface area contributed by atoms with Crippen molar-refractivity contribution >= 4 is 73.8 Å². The zero-order chi connectivity index (χ0) is 23.5. The predicted molar refractivity (Wildman–Crippen MR) is 136 cm³/mol. The molecule has 1 heterocycles. The number of benzene rings is 3. The van der Waals surface area contributed by atoms with E-state index in [1.807, 2.05) is 12.1 Å². The summed E-state index contributed by atoms with van der Waals surface area (Å²) in [6.07, 6.45) is 1.66. The molecule has 1 aliphatic rings. The maximum atomic E-state index is 12.9. The normalized spacial score (nSPS) is 14.8. The molecule has 9 heteroatoms. The second kappa shape index (κ2) is 10.2. The molecule has 3 aromatic carbocycles. The van der Waals surface area contributed by atoms with Crippen LogP contribution >= 0.6 is 50.9 Å². The molecule has 2 amide bonds. The summed E-state index contributed by atoms with van der Waals surface area (Å²) >= 11 is 16.4. The minimum atomic E-state index is -0.369. The van der Waals surface area contributed by atoms with Crippen molar-refractivity contribution in [1.29, 1.82) is 0 Å². The fourth-order valence-electron chi connectivity index (χ4n) is 3.17. The van der Waals surface area contributed by atoms with Crippen LogP contribution in [-0.2, 0) is 11.4 Å². The number of ether oxygens (including phenoxy) is 2. The van der Waals surface area contributed by atoms with Gasteiger partial charge in [-0.05, 0) is 81.3 Å². The first kappa shape index (κ1) is 23.7. The molecule has 0 N–H and O–H groups in total. The number of amides is 2. The van der Waals surface area contributed by atoms with Gasteiger partial charge in [-0.15, -0.1) is 0 Å². The summed E-state index contributed by atoms with van der Waals surface area (Å²) in [4.78, 5) is 26.8. The van der Waals surface area contributed by atoms with Crippen LogP contribution in [-0.4, -0.2) is 18.3 Å². The molecule has 0 saturated carbocycles. The van der Waals surface area contributed by atoms with Crippen LogP contribution in [0.4, 0.5) is 10.5 Å². The van der Waals surface area contributed by atoms with Crippen LogP contribution in [0.3, 0.4) is 0 Å². The van der Waals surface area contributed by atoms with Crippen molar-refractivity contribution in [2.24, 2.45) is 0 Å². The predicted octanol–water partition coefficient (Wildman–Crippen LogP) is 7.58. The molecular weight excluding hydrogens is 549 g/mol. The van der Waals surface area contributed by atoms with Crippen LogP contribution < -0.4 is 14.4 Å². The lowest BCUT2D eigenvalue weighted by Crippen LogP contribution is -2.27. The van der Waals surface area contributed by atoms with Gasteiger partial charge in [-0.1, -0.05) is 47.5 Å². The zero-order valence-electron chi connectivity index (χ0n) is 17.2. The summed E-state index contributed by atoms with van der Waals surface area (Å²) in [7, 11) is 1.53. The molecule has 33 heavy (non-hydrogen) atoms. The molecule has 0 aromatic heterocycles. The van der Waals surface area contributed by atoms with E-state index in [2.05, 4.69) is 15.9 Å². The SMILES string of the molecule is COc1cc(/C=C2\SC(=O)N(c3ccccc3)C2=O)cc(Br)c1OCc1ccc(Cl)c(Cl)c1. The van der Waals surface area contributed by atoms with Gasteiger partial charge in [0.2, 0.25) is 0 Å². The molecule has 1 fully saturated rings. The van der Waals surface area contributed by atoms with Gasteiger partial charge in [-0.2, -0.15) is 0 Å². The average Bonchev–Trinajstić information content (AvgIpc) is 3.08. The van der Waals surface area contributed by atoms with E-state index in [0.717, 1.165) is 22.2 Å². The molecule has 0 spiro atoms. The third-order valence-corrected chi connectivity index (χ3v) is 6.92. The number of rotatable bonds is 6. The standard InChI is InChI=1S/C24H16BrCl2NO4S/c1-31-20-11-15(9-17(25)22(20)32-13-14-7-8-18(26)19(27)10-14)12-21-23(29)28(24(30)33-21)16-5-3-2-4-6-16/h2-12H,13H2,1H3/b21-12-. The third-order valence-electron chi connectivity index (χ3n) is 4.72. The molecule has 168 valence electrons. The molecule has 0 unspecified atom stereocenters. The van der Waals surface area contributed by atoms with E-state index in [1.165, 1.54) is 7.11 Å². The fraction of sp³-hybridized carbons (Fsp3) is 0.0833. The topological polar surface area (TPSA) is 55.8 Å². The van der Waals surface area contributed by atoms with Crippen molar-refractivity contribution in [3.8, 4) is 11.5 Å². The van der Waals surface area contributed by atoms with Gasteiger partial charge < -0.3 is 9.47 Å². The van der Waals surface area contributed by atoms with Crippen molar-refractivity contribution in [3.05, 3.63) is 91.2 Å². The summed E-state index contributed by atoms with van der Waals surface area (Å²) in [6, 6.07) is 17.6. The third kappa shape index (κ3) is 5.22. The Labute approximate surface area is 213 Å². The van der Waals surface area contributed by atoms with Gasteiger partial charge in [0, 0.05) is 0 Å². The minimum Gasteiger partial charge on any atom is -0.493 e. The van der Waals surface area contributed by atoms with Gasteiger partial charge in [0.25, 0.3) is 11.1 Å². The molecule has 4 rings (SSSR count). The Balaban J connectivity index is 1.57. The van der Waals surface area contributed by atoms with Gasteiger partial charge >= 0.3 is 0 Å². The number of carbonyl (C=O) groups excluding carboxylic acids is 2. The van der Waals surface area contributed by atoms with Crippen molar-refractivity contribution in [1.82, 2.24) is 0 Å². The summed E-state index contributed by atoms with van der Waals surface area (Å²) in [5, 5.41) is 0.578. The number of methoxy groups -OCH3 is 1. The van der Waals surface area contributed by atoms with E-state index in [9.17, 15) is 9.59 Å². The number of carbonyl (C=O) groups is 2. The number of hydrogen-bond acceptors (Lipinski definition) is 5. The van der Waals surface area contributed by atoms with E-state index >= 15 is 0 Å². The van der Waals surface area contributed by atoms with E-state index in [4.69, 9.17) is 32.7 Å². The molecule has 0 radical (unpaired) electrons. The number of thioether (sulfide) groups is 1. The van der Waals surface area contributed by atoms with Crippen molar-refractivity contribution < 1.29 is 19.1 Å². The smallest absolute Gasteiger partial charge is 0.298 e. The van der Waals surface area contributed by atoms with Crippen LogP contribution in [0.25, 0.3) is 6.08 Å². The highest BCUT2D eigenvalue weighted by Gasteiger charge is 2.36. The number of hydrogen-bond donors (Lipinski definition) is 0. The zero-order valence-corrected chi connectivity index (χ0v) is 21.1. The first-order valence-corrected chi connectivity index (χ1v) is 12.0. The Kier molecular flexibility index (Phi) is 7.34. The number of halogens is 3. The largest absolute Gasteiger partial charge is 0.493 e. The van der Waals surface area contributed by atoms with E-state index in [1.54, 1.807) is 54.6 Å². The Morgan fingerprint density at radius 3 is 2.48 bits per heavy atom. The van der Waals surface area contributed by atoms with Crippen LogP contribution in [0, 0.1) is 0 Å². The number of para-hydroxylation sites is 1. The summed E-state index contributed by atoms with van der Waals surface area (Å²) in [6.45, 7) is 0.251. The van der Waals surface area contributed by atoms with Crippen molar-refractivity contribution in [3.63, 3.8) is 0 Å². The van der Waals surface area contributed by atoms with Gasteiger partial charge in [-0.25, -0.2) is 4.90 Å². The second-order valence-corrected chi connectivity index (χ2v) is 9.59. The van der Waals surface area contributed by atoms with Crippen molar-refractivity contribution in [2.45, 2.75) is 6.61 Å². The Morgan fingerprint density at radius 1 is 1.03 bits per heavy atom. The number of imide groups is 1. The summed E-state index contributed by atoms with van der Waals surface area (Å²) in [5.41, 5.74) is 2.06. The number of anilines is 1. The first-order chi connectivity index (χ1) is 15.9. The van der Waals surface area contributed by atoms with Gasteiger partial charge in [0.05, 0.1) is 32.2 Å². The van der Waals surface area contributed by atoms with Gasteiger partial charge in [-0.3, -0.25) is 9.59 Å². The van der Waals surface area contributed by atoms with E-state index < -0.39 is 0 Å². The molecular formula is C24H16BrCl2NO4S. The first-order valence-electron chi connectivity index (χ1n) is 9.64. The van der Waals surface area contributed by atoms with Gasteiger partial charge in [0.15, 0.2) is 11.5 Å². The minimum absolute atomic E-state index is 0.251.